The Balaban J connectivity index is 1.45. The molecule has 3 rings (SSSR count). The molecule has 2 aliphatic carbocycles. The van der Waals surface area contributed by atoms with E-state index in [0.717, 1.165) is 44.1 Å². The molecule has 1 amide bonds. The first-order valence-electron chi connectivity index (χ1n) is 9.29. The van der Waals surface area contributed by atoms with Crippen LogP contribution < -0.4 is 5.73 Å². The van der Waals surface area contributed by atoms with E-state index in [9.17, 15) is 4.79 Å². The fourth-order valence-electron chi connectivity index (χ4n) is 4.88. The number of nitrogens with two attached hydrogens (primary N) is 1. The summed E-state index contributed by atoms with van der Waals surface area (Å²) in [6.45, 7) is 1.02. The van der Waals surface area contributed by atoms with Crippen LogP contribution in [0.25, 0.3) is 0 Å². The van der Waals surface area contributed by atoms with Gasteiger partial charge >= 0.3 is 0 Å². The lowest BCUT2D eigenvalue weighted by Gasteiger charge is -2.31. The number of nitrogens with zero attached hydrogens (tertiary/aromatic N) is 1. The molecule has 3 nitrogen and oxygen atoms in total. The molecule has 21 heavy (non-hydrogen) atoms. The summed E-state index contributed by atoms with van der Waals surface area (Å²) in [5, 5.41) is 0. The quantitative estimate of drug-likeness (QED) is 0.862. The molecule has 0 aromatic carbocycles. The normalized spacial score (nSPS) is 34.5. The van der Waals surface area contributed by atoms with Gasteiger partial charge in [0.25, 0.3) is 0 Å². The van der Waals surface area contributed by atoms with Crippen LogP contribution in [0.4, 0.5) is 0 Å². The van der Waals surface area contributed by atoms with Gasteiger partial charge in [-0.2, -0.15) is 0 Å². The van der Waals surface area contributed by atoms with Gasteiger partial charge in [-0.05, 0) is 69.6 Å². The second-order valence-corrected chi connectivity index (χ2v) is 7.66. The third-order valence-corrected chi connectivity index (χ3v) is 6.22. The lowest BCUT2D eigenvalue weighted by molar-refractivity contribution is -0.133. The summed E-state index contributed by atoms with van der Waals surface area (Å²) >= 11 is 0. The number of hydrogen-bond acceptors (Lipinski definition) is 2. The van der Waals surface area contributed by atoms with Crippen LogP contribution in [-0.2, 0) is 4.79 Å². The predicted octanol–water partition coefficient (Wildman–Crippen LogP) is 3.47. The summed E-state index contributed by atoms with van der Waals surface area (Å²) in [5.74, 6) is 2.00. The Labute approximate surface area is 129 Å². The fourth-order valence-corrected chi connectivity index (χ4v) is 4.88. The second kappa shape index (κ2) is 7.13. The van der Waals surface area contributed by atoms with E-state index >= 15 is 0 Å². The molecule has 0 aromatic heterocycles. The maximum absolute atomic E-state index is 12.6. The molecular formula is C18H32N2O. The Morgan fingerprint density at radius 2 is 1.67 bits per heavy atom. The first-order valence-corrected chi connectivity index (χ1v) is 9.29. The van der Waals surface area contributed by atoms with Crippen LogP contribution in [0.3, 0.4) is 0 Å². The molecule has 1 atom stereocenters. The van der Waals surface area contributed by atoms with Crippen LogP contribution in [0, 0.1) is 11.8 Å². The molecule has 1 saturated heterocycles. The monoisotopic (exact) mass is 292 g/mol. The molecule has 0 radical (unpaired) electrons. The molecule has 120 valence electrons. The van der Waals surface area contributed by atoms with E-state index in [0.29, 0.717) is 18.0 Å². The first kappa shape index (κ1) is 15.3. The van der Waals surface area contributed by atoms with Crippen molar-refractivity contribution in [3.8, 4) is 0 Å². The summed E-state index contributed by atoms with van der Waals surface area (Å²) in [4.78, 5) is 14.9. The number of rotatable bonds is 4. The molecule has 0 bridgehead atoms. The number of carbonyl (C=O) groups excluding carboxylic acids is 1. The van der Waals surface area contributed by atoms with E-state index < -0.39 is 0 Å². The number of hydrogen-bond donors (Lipinski definition) is 1. The van der Waals surface area contributed by atoms with Crippen molar-refractivity contribution in [2.75, 3.05) is 6.54 Å². The topological polar surface area (TPSA) is 46.3 Å². The van der Waals surface area contributed by atoms with Gasteiger partial charge in [0.1, 0.15) is 0 Å². The van der Waals surface area contributed by atoms with Crippen LogP contribution in [0.1, 0.15) is 77.0 Å². The average Bonchev–Trinajstić information content (AvgIpc) is 3.16. The van der Waals surface area contributed by atoms with Gasteiger partial charge in [0, 0.05) is 25.0 Å². The molecule has 3 heteroatoms. The highest BCUT2D eigenvalue weighted by atomic mass is 16.2. The van der Waals surface area contributed by atoms with Crippen LogP contribution in [0.2, 0.25) is 0 Å². The summed E-state index contributed by atoms with van der Waals surface area (Å²) in [6.07, 6.45) is 14.6. The maximum Gasteiger partial charge on any atom is 0.222 e. The Kier molecular flexibility index (Phi) is 5.20. The zero-order chi connectivity index (χ0) is 14.7. The number of likely N-dealkylation sites (tertiary alicyclic amines) is 1. The molecule has 0 aromatic rings. The zero-order valence-electron chi connectivity index (χ0n) is 13.4. The van der Waals surface area contributed by atoms with Crippen LogP contribution >= 0.6 is 0 Å². The molecule has 1 unspecified atom stereocenters. The lowest BCUT2D eigenvalue weighted by Crippen LogP contribution is -2.39. The minimum absolute atomic E-state index is 0.419. The predicted molar refractivity (Wildman–Crippen MR) is 85.9 cm³/mol. The van der Waals surface area contributed by atoms with Gasteiger partial charge in [-0.3, -0.25) is 4.79 Å². The highest BCUT2D eigenvalue weighted by Crippen LogP contribution is 2.36. The van der Waals surface area contributed by atoms with Crippen molar-refractivity contribution in [1.82, 2.24) is 4.90 Å². The fraction of sp³-hybridized carbons (Fsp3) is 0.944. The molecular weight excluding hydrogens is 260 g/mol. The standard InChI is InChI=1S/C18H32N2O/c19-16-10-7-14(8-11-16)9-12-18(21)20-13-3-6-17(20)15-4-1-2-5-15/h14-17H,1-13,19H2. The highest BCUT2D eigenvalue weighted by Gasteiger charge is 2.35. The van der Waals surface area contributed by atoms with Crippen molar-refractivity contribution in [3.63, 3.8) is 0 Å². The van der Waals surface area contributed by atoms with Gasteiger partial charge in [-0.25, -0.2) is 0 Å². The first-order chi connectivity index (χ1) is 10.2. The van der Waals surface area contributed by atoms with Crippen LogP contribution in [0.15, 0.2) is 0 Å². The summed E-state index contributed by atoms with van der Waals surface area (Å²) < 4.78 is 0. The van der Waals surface area contributed by atoms with Crippen molar-refractivity contribution in [2.24, 2.45) is 17.6 Å². The maximum atomic E-state index is 12.6. The molecule has 2 N–H and O–H groups in total. The third kappa shape index (κ3) is 3.80. The molecule has 3 fully saturated rings. The van der Waals surface area contributed by atoms with Gasteiger partial charge in [0.05, 0.1) is 0 Å². The minimum Gasteiger partial charge on any atom is -0.339 e. The lowest BCUT2D eigenvalue weighted by atomic mass is 9.83. The van der Waals surface area contributed by atoms with E-state index in [1.165, 1.54) is 51.4 Å². The van der Waals surface area contributed by atoms with E-state index in [2.05, 4.69) is 4.90 Å². The second-order valence-electron chi connectivity index (χ2n) is 7.66. The largest absolute Gasteiger partial charge is 0.339 e. The minimum atomic E-state index is 0.419. The highest BCUT2D eigenvalue weighted by molar-refractivity contribution is 5.76. The summed E-state index contributed by atoms with van der Waals surface area (Å²) in [5.41, 5.74) is 5.97. The van der Waals surface area contributed by atoms with Crippen LogP contribution in [0.5, 0.6) is 0 Å². The van der Waals surface area contributed by atoms with Gasteiger partial charge < -0.3 is 10.6 Å². The van der Waals surface area contributed by atoms with Gasteiger partial charge in [-0.15, -0.1) is 0 Å². The smallest absolute Gasteiger partial charge is 0.222 e. The van der Waals surface area contributed by atoms with Crippen molar-refractivity contribution < 1.29 is 4.79 Å². The summed E-state index contributed by atoms with van der Waals surface area (Å²) in [7, 11) is 0. The van der Waals surface area contributed by atoms with Gasteiger partial charge in [-0.1, -0.05) is 12.8 Å². The molecule has 2 saturated carbocycles. The summed E-state index contributed by atoms with van der Waals surface area (Å²) in [6, 6.07) is 1.00. The van der Waals surface area contributed by atoms with E-state index in [1.807, 2.05) is 0 Å². The number of carbonyl (C=O) groups is 1. The van der Waals surface area contributed by atoms with E-state index in [1.54, 1.807) is 0 Å². The van der Waals surface area contributed by atoms with E-state index in [-0.39, 0.29) is 0 Å². The zero-order valence-corrected chi connectivity index (χ0v) is 13.4. The molecule has 1 heterocycles. The third-order valence-electron chi connectivity index (χ3n) is 6.22. The van der Waals surface area contributed by atoms with E-state index in [4.69, 9.17) is 5.73 Å². The van der Waals surface area contributed by atoms with Gasteiger partial charge in [0.15, 0.2) is 0 Å². The van der Waals surface area contributed by atoms with Crippen molar-refractivity contribution >= 4 is 5.91 Å². The average molecular weight is 292 g/mol. The SMILES string of the molecule is NC1CCC(CCC(=O)N2CCCC2C2CCCC2)CC1. The molecule has 1 aliphatic heterocycles. The van der Waals surface area contributed by atoms with Crippen LogP contribution in [-0.4, -0.2) is 29.4 Å². The number of amides is 1. The van der Waals surface area contributed by atoms with Crippen molar-refractivity contribution in [1.29, 1.82) is 0 Å². The van der Waals surface area contributed by atoms with Crippen molar-refractivity contribution in [3.05, 3.63) is 0 Å². The van der Waals surface area contributed by atoms with Gasteiger partial charge in [0.2, 0.25) is 5.91 Å². The Morgan fingerprint density at radius 1 is 0.952 bits per heavy atom. The molecule has 3 aliphatic rings. The Bertz CT molecular complexity index is 343. The Hall–Kier alpha value is -0.570. The Morgan fingerprint density at radius 3 is 2.38 bits per heavy atom. The van der Waals surface area contributed by atoms with Crippen molar-refractivity contribution in [2.45, 2.75) is 89.1 Å². The molecule has 0 spiro atoms.